The lowest BCUT2D eigenvalue weighted by Crippen LogP contribution is -1.89. The second kappa shape index (κ2) is 5.14. The Morgan fingerprint density at radius 1 is 1.42 bits per heavy atom. The van der Waals surface area contributed by atoms with Crippen LogP contribution in [0.5, 0.6) is 0 Å². The molecule has 5 heteroatoms. The van der Waals surface area contributed by atoms with E-state index < -0.39 is 7.82 Å². The summed E-state index contributed by atoms with van der Waals surface area (Å²) in [6.45, 7) is 5.25. The van der Waals surface area contributed by atoms with Crippen LogP contribution in [-0.4, -0.2) is 14.2 Å². The molecule has 0 aliphatic heterocycles. The zero-order valence-electron chi connectivity index (χ0n) is 7.44. The van der Waals surface area contributed by atoms with Gasteiger partial charge in [-0.05, 0) is 12.5 Å². The molecule has 0 spiro atoms. The first kappa shape index (κ1) is 11.4. The molecule has 4 nitrogen and oxygen atoms in total. The number of phosphoric ester groups is 1. The fourth-order valence-corrected chi connectivity index (χ4v) is 0.973. The van der Waals surface area contributed by atoms with Crippen molar-refractivity contribution in [2.45, 2.75) is 6.92 Å². The average molecular weight is 192 g/mol. The molecule has 0 amide bonds. The maximum Gasteiger partial charge on any atom is 0.528 e. The van der Waals surface area contributed by atoms with Gasteiger partial charge in [-0.1, -0.05) is 12.7 Å². The highest BCUT2D eigenvalue weighted by molar-refractivity contribution is 7.48. The van der Waals surface area contributed by atoms with Crippen LogP contribution in [0.2, 0.25) is 0 Å². The zero-order valence-corrected chi connectivity index (χ0v) is 8.34. The van der Waals surface area contributed by atoms with E-state index in [1.807, 2.05) is 0 Å². The topological polar surface area (TPSA) is 44.8 Å². The lowest BCUT2D eigenvalue weighted by molar-refractivity contribution is 0.193. The van der Waals surface area contributed by atoms with Gasteiger partial charge in [0.25, 0.3) is 0 Å². The second-order valence-electron chi connectivity index (χ2n) is 1.98. The minimum absolute atomic E-state index is 0.740. The molecule has 0 unspecified atom stereocenters. The molecule has 12 heavy (non-hydrogen) atoms. The van der Waals surface area contributed by atoms with Gasteiger partial charge in [-0.3, -0.25) is 9.05 Å². The molecule has 0 radical (unpaired) electrons. The van der Waals surface area contributed by atoms with Crippen LogP contribution in [0.25, 0.3) is 0 Å². The standard InChI is InChI=1S/C7H13O4P/c1-5-7(2)6-11-12(8,9-3)10-4/h5-6H,1H2,2-4H3/b7-6+. The third-order valence-corrected chi connectivity index (χ3v) is 2.39. The van der Waals surface area contributed by atoms with Crippen LogP contribution in [0.4, 0.5) is 0 Å². The Labute approximate surface area is 72.4 Å². The van der Waals surface area contributed by atoms with Crippen molar-refractivity contribution in [2.24, 2.45) is 0 Å². The molecule has 0 rings (SSSR count). The lowest BCUT2D eigenvalue weighted by atomic mass is 10.3. The van der Waals surface area contributed by atoms with E-state index in [9.17, 15) is 4.57 Å². The number of hydrogen-bond donors (Lipinski definition) is 0. The third-order valence-electron chi connectivity index (χ3n) is 1.14. The highest BCUT2D eigenvalue weighted by atomic mass is 31.2. The quantitative estimate of drug-likeness (QED) is 0.381. The third kappa shape index (κ3) is 3.72. The number of hydrogen-bond acceptors (Lipinski definition) is 4. The highest BCUT2D eigenvalue weighted by Gasteiger charge is 2.21. The molecule has 0 atom stereocenters. The zero-order chi connectivity index (χ0) is 9.61. The van der Waals surface area contributed by atoms with E-state index in [1.54, 1.807) is 13.0 Å². The molecule has 0 N–H and O–H groups in total. The van der Waals surface area contributed by atoms with Crippen LogP contribution >= 0.6 is 7.82 Å². The van der Waals surface area contributed by atoms with Crippen molar-refractivity contribution in [3.8, 4) is 0 Å². The SMILES string of the molecule is C=C/C(C)=C/OP(=O)(OC)OC. The Hall–Kier alpha value is -0.570. The largest absolute Gasteiger partial charge is 0.528 e. The molecule has 70 valence electrons. The van der Waals surface area contributed by atoms with Gasteiger partial charge < -0.3 is 4.52 Å². The van der Waals surface area contributed by atoms with Gasteiger partial charge >= 0.3 is 7.82 Å². The summed E-state index contributed by atoms with van der Waals surface area (Å²) in [6.07, 6.45) is 2.84. The summed E-state index contributed by atoms with van der Waals surface area (Å²) in [4.78, 5) is 0. The Bertz CT molecular complexity index is 213. The van der Waals surface area contributed by atoms with Crippen molar-refractivity contribution in [1.29, 1.82) is 0 Å². The molecule has 0 fully saturated rings. The van der Waals surface area contributed by atoms with E-state index in [-0.39, 0.29) is 0 Å². The molecule has 0 heterocycles. The van der Waals surface area contributed by atoms with Crippen LogP contribution in [0.3, 0.4) is 0 Å². The molecule has 0 saturated carbocycles. The maximum absolute atomic E-state index is 11.2. The molecule has 0 aromatic rings. The Kier molecular flexibility index (Phi) is 4.90. The van der Waals surface area contributed by atoms with Gasteiger partial charge in [0.1, 0.15) is 0 Å². The summed E-state index contributed by atoms with van der Waals surface area (Å²) in [6, 6.07) is 0. The van der Waals surface area contributed by atoms with Gasteiger partial charge in [0.15, 0.2) is 0 Å². The van der Waals surface area contributed by atoms with Gasteiger partial charge in [0.2, 0.25) is 0 Å². The first-order valence-electron chi connectivity index (χ1n) is 3.27. The molecule has 0 aromatic heterocycles. The van der Waals surface area contributed by atoms with Crippen molar-refractivity contribution in [1.82, 2.24) is 0 Å². The summed E-state index contributed by atoms with van der Waals surface area (Å²) >= 11 is 0. The van der Waals surface area contributed by atoms with Gasteiger partial charge in [-0.25, -0.2) is 4.57 Å². The predicted octanol–water partition coefficient (Wildman–Crippen LogP) is 2.49. The minimum atomic E-state index is -3.37. The van der Waals surface area contributed by atoms with Crippen molar-refractivity contribution >= 4 is 7.82 Å². The van der Waals surface area contributed by atoms with Crippen LogP contribution in [0.1, 0.15) is 6.92 Å². The number of rotatable bonds is 5. The number of phosphoric acid groups is 1. The van der Waals surface area contributed by atoms with Crippen molar-refractivity contribution in [2.75, 3.05) is 14.2 Å². The Morgan fingerprint density at radius 2 is 1.92 bits per heavy atom. The van der Waals surface area contributed by atoms with Crippen LogP contribution < -0.4 is 0 Å². The van der Waals surface area contributed by atoms with E-state index in [4.69, 9.17) is 4.52 Å². The van der Waals surface area contributed by atoms with Gasteiger partial charge in [0.05, 0.1) is 6.26 Å². The first-order valence-corrected chi connectivity index (χ1v) is 4.73. The Balaban J connectivity index is 4.23. The van der Waals surface area contributed by atoms with Crippen molar-refractivity contribution in [3.05, 3.63) is 24.5 Å². The Morgan fingerprint density at radius 3 is 2.25 bits per heavy atom. The summed E-state index contributed by atoms with van der Waals surface area (Å²) in [5.41, 5.74) is 0.740. The first-order chi connectivity index (χ1) is 5.58. The molecular weight excluding hydrogens is 179 g/mol. The van der Waals surface area contributed by atoms with Gasteiger partial charge in [-0.2, -0.15) is 0 Å². The van der Waals surface area contributed by atoms with Gasteiger partial charge in [0, 0.05) is 14.2 Å². The van der Waals surface area contributed by atoms with Crippen LogP contribution in [0.15, 0.2) is 24.5 Å². The van der Waals surface area contributed by atoms with E-state index in [0.717, 1.165) is 5.57 Å². The van der Waals surface area contributed by atoms with E-state index in [0.29, 0.717) is 0 Å². The lowest BCUT2D eigenvalue weighted by Gasteiger charge is -2.10. The molecule has 0 saturated heterocycles. The van der Waals surface area contributed by atoms with Crippen LogP contribution in [0, 0.1) is 0 Å². The smallest absolute Gasteiger partial charge is 0.412 e. The van der Waals surface area contributed by atoms with Crippen molar-refractivity contribution < 1.29 is 18.1 Å². The molecule has 0 aliphatic carbocycles. The monoisotopic (exact) mass is 192 g/mol. The van der Waals surface area contributed by atoms with E-state index in [2.05, 4.69) is 15.6 Å². The normalized spacial score (nSPS) is 12.8. The molecule has 0 aromatic carbocycles. The molecular formula is C7H13O4P. The van der Waals surface area contributed by atoms with Crippen LogP contribution in [-0.2, 0) is 18.1 Å². The predicted molar refractivity (Wildman–Crippen MR) is 46.7 cm³/mol. The highest BCUT2D eigenvalue weighted by Crippen LogP contribution is 2.47. The summed E-state index contributed by atoms with van der Waals surface area (Å²) < 4.78 is 25.0. The molecule has 0 aliphatic rings. The summed E-state index contributed by atoms with van der Waals surface area (Å²) in [5, 5.41) is 0. The minimum Gasteiger partial charge on any atom is -0.412 e. The molecule has 0 bridgehead atoms. The number of allylic oxidation sites excluding steroid dienone is 2. The van der Waals surface area contributed by atoms with E-state index >= 15 is 0 Å². The van der Waals surface area contributed by atoms with Crippen molar-refractivity contribution in [3.63, 3.8) is 0 Å². The summed E-state index contributed by atoms with van der Waals surface area (Å²) in [5.74, 6) is 0. The fraction of sp³-hybridized carbons (Fsp3) is 0.429. The summed E-state index contributed by atoms with van der Waals surface area (Å²) in [7, 11) is -0.870. The maximum atomic E-state index is 11.2. The average Bonchev–Trinajstić information content (AvgIpc) is 2.13. The van der Waals surface area contributed by atoms with E-state index in [1.165, 1.54) is 20.5 Å². The van der Waals surface area contributed by atoms with Gasteiger partial charge in [-0.15, -0.1) is 0 Å². The second-order valence-corrected chi connectivity index (χ2v) is 3.82. The fourth-order valence-electron chi connectivity index (χ4n) is 0.356.